The Hall–Kier alpha value is -1.14. The topological polar surface area (TPSA) is 84.7 Å². The number of ether oxygens (including phenoxy) is 1. The summed E-state index contributed by atoms with van der Waals surface area (Å²) in [6.45, 7) is 1.85. The van der Waals surface area contributed by atoms with Crippen molar-refractivity contribution in [1.82, 2.24) is 10.2 Å². The van der Waals surface area contributed by atoms with Gasteiger partial charge in [0.1, 0.15) is 6.73 Å². The number of nitrogens with one attached hydrogen (secondary N) is 1. The van der Waals surface area contributed by atoms with E-state index in [1.165, 1.54) is 14.0 Å². The van der Waals surface area contributed by atoms with Crippen molar-refractivity contribution in [3.05, 3.63) is 0 Å². The Kier molecular flexibility index (Phi) is 5.82. The van der Waals surface area contributed by atoms with E-state index >= 15 is 0 Å². The van der Waals surface area contributed by atoms with Gasteiger partial charge in [0, 0.05) is 27.1 Å². The van der Waals surface area contributed by atoms with Crippen LogP contribution in [0.3, 0.4) is 0 Å². The Balaban J connectivity index is 4.03. The Morgan fingerprint density at radius 1 is 1.54 bits per heavy atom. The molecule has 0 aliphatic carbocycles. The molecule has 0 atom stereocenters. The van der Waals surface area contributed by atoms with E-state index in [-0.39, 0.29) is 25.7 Å². The maximum atomic E-state index is 11.2. The fourth-order valence-electron chi connectivity index (χ4n) is 0.760. The van der Waals surface area contributed by atoms with Gasteiger partial charge in [-0.1, -0.05) is 0 Å². The molecule has 0 aromatic rings. The number of imide groups is 1. The highest BCUT2D eigenvalue weighted by Crippen LogP contribution is 1.89. The fraction of sp³-hybridized carbons (Fsp3) is 0.714. The maximum Gasteiger partial charge on any atom is 0.325 e. The van der Waals surface area contributed by atoms with E-state index < -0.39 is 6.03 Å². The molecule has 0 aliphatic rings. The molecule has 6 heteroatoms. The standard InChI is InChI=1S/C7H15N3O3/c1-6(11)10(4-3-8)7(12)9-5-13-2/h3-5,8H2,1-2H3,(H,9,12). The maximum absolute atomic E-state index is 11.2. The van der Waals surface area contributed by atoms with Crippen LogP contribution in [0.2, 0.25) is 0 Å². The van der Waals surface area contributed by atoms with Gasteiger partial charge in [0.25, 0.3) is 0 Å². The summed E-state index contributed by atoms with van der Waals surface area (Å²) in [5.41, 5.74) is 5.23. The molecule has 3 amide bonds. The van der Waals surface area contributed by atoms with Crippen LogP contribution >= 0.6 is 0 Å². The monoisotopic (exact) mass is 189 g/mol. The van der Waals surface area contributed by atoms with Crippen LogP contribution in [-0.4, -0.2) is 43.8 Å². The summed E-state index contributed by atoms with van der Waals surface area (Å²) < 4.78 is 4.62. The third-order valence-corrected chi connectivity index (χ3v) is 1.35. The molecular weight excluding hydrogens is 174 g/mol. The highest BCUT2D eigenvalue weighted by atomic mass is 16.5. The van der Waals surface area contributed by atoms with Crippen molar-refractivity contribution in [2.75, 3.05) is 26.9 Å². The van der Waals surface area contributed by atoms with Crippen molar-refractivity contribution in [2.24, 2.45) is 5.73 Å². The van der Waals surface area contributed by atoms with Gasteiger partial charge in [-0.05, 0) is 0 Å². The SMILES string of the molecule is COCNC(=O)N(CCN)C(C)=O. The summed E-state index contributed by atoms with van der Waals surface area (Å²) in [4.78, 5) is 23.1. The largest absolute Gasteiger partial charge is 0.364 e. The highest BCUT2D eigenvalue weighted by Gasteiger charge is 2.15. The van der Waals surface area contributed by atoms with E-state index in [1.54, 1.807) is 0 Å². The lowest BCUT2D eigenvalue weighted by Gasteiger charge is -2.18. The zero-order valence-corrected chi connectivity index (χ0v) is 7.87. The number of carbonyl (C=O) groups excluding carboxylic acids is 2. The van der Waals surface area contributed by atoms with E-state index in [0.717, 1.165) is 4.90 Å². The van der Waals surface area contributed by atoms with Crippen LogP contribution in [0.4, 0.5) is 4.79 Å². The minimum Gasteiger partial charge on any atom is -0.364 e. The minimum absolute atomic E-state index is 0.0766. The average molecular weight is 189 g/mol. The number of hydrogen-bond donors (Lipinski definition) is 2. The minimum atomic E-state index is -0.486. The molecule has 0 saturated carbocycles. The van der Waals surface area contributed by atoms with E-state index in [9.17, 15) is 9.59 Å². The second-order valence-corrected chi connectivity index (χ2v) is 2.37. The molecule has 0 aromatic heterocycles. The first-order valence-corrected chi connectivity index (χ1v) is 3.88. The van der Waals surface area contributed by atoms with Crippen LogP contribution < -0.4 is 11.1 Å². The van der Waals surface area contributed by atoms with Gasteiger partial charge in [0.2, 0.25) is 5.91 Å². The lowest BCUT2D eigenvalue weighted by molar-refractivity contribution is -0.125. The van der Waals surface area contributed by atoms with Crippen molar-refractivity contribution >= 4 is 11.9 Å². The molecule has 6 nitrogen and oxygen atoms in total. The molecule has 0 aliphatic heterocycles. The first-order valence-electron chi connectivity index (χ1n) is 3.88. The molecule has 0 bridgehead atoms. The smallest absolute Gasteiger partial charge is 0.325 e. The third-order valence-electron chi connectivity index (χ3n) is 1.35. The lowest BCUT2D eigenvalue weighted by Crippen LogP contribution is -2.45. The number of nitrogens with zero attached hydrogens (tertiary/aromatic N) is 1. The number of amides is 3. The second kappa shape index (κ2) is 6.38. The average Bonchev–Trinajstić information content (AvgIpc) is 2.09. The Bertz CT molecular complexity index is 184. The zero-order valence-electron chi connectivity index (χ0n) is 7.87. The van der Waals surface area contributed by atoms with Gasteiger partial charge < -0.3 is 15.8 Å². The van der Waals surface area contributed by atoms with Crippen molar-refractivity contribution in [3.8, 4) is 0 Å². The number of nitrogens with two attached hydrogens (primary N) is 1. The first-order chi connectivity index (χ1) is 6.13. The molecular formula is C7H15N3O3. The molecule has 0 saturated heterocycles. The van der Waals surface area contributed by atoms with Crippen LogP contribution in [0.15, 0.2) is 0 Å². The van der Waals surface area contributed by atoms with Crippen molar-refractivity contribution in [1.29, 1.82) is 0 Å². The molecule has 0 heterocycles. The van der Waals surface area contributed by atoms with Crippen molar-refractivity contribution in [2.45, 2.75) is 6.92 Å². The molecule has 3 N–H and O–H groups in total. The van der Waals surface area contributed by atoms with E-state index in [4.69, 9.17) is 5.73 Å². The normalized spacial score (nSPS) is 9.46. The Morgan fingerprint density at radius 2 is 2.15 bits per heavy atom. The number of urea groups is 1. The van der Waals surface area contributed by atoms with Crippen LogP contribution in [0.25, 0.3) is 0 Å². The predicted molar refractivity (Wildman–Crippen MR) is 46.8 cm³/mol. The summed E-state index contributed by atoms with van der Waals surface area (Å²) >= 11 is 0. The quantitative estimate of drug-likeness (QED) is 0.562. The predicted octanol–water partition coefficient (Wildman–Crippen LogP) is -0.893. The molecule has 0 fully saturated rings. The zero-order chi connectivity index (χ0) is 10.3. The van der Waals surface area contributed by atoms with Gasteiger partial charge in [-0.25, -0.2) is 4.79 Å². The molecule has 76 valence electrons. The molecule has 0 unspecified atom stereocenters. The first kappa shape index (κ1) is 11.9. The molecule has 0 rings (SSSR count). The Morgan fingerprint density at radius 3 is 2.54 bits per heavy atom. The number of methoxy groups -OCH3 is 1. The summed E-state index contributed by atoms with van der Waals surface area (Å²) in [6.07, 6.45) is 0. The van der Waals surface area contributed by atoms with Crippen LogP contribution in [0.5, 0.6) is 0 Å². The summed E-state index contributed by atoms with van der Waals surface area (Å²) in [5, 5.41) is 2.39. The van der Waals surface area contributed by atoms with Crippen molar-refractivity contribution in [3.63, 3.8) is 0 Å². The van der Waals surface area contributed by atoms with E-state index in [1.807, 2.05) is 0 Å². The second-order valence-electron chi connectivity index (χ2n) is 2.37. The van der Waals surface area contributed by atoms with Crippen LogP contribution in [0.1, 0.15) is 6.92 Å². The molecule has 0 radical (unpaired) electrons. The summed E-state index contributed by atoms with van der Waals surface area (Å²) in [6, 6.07) is -0.486. The van der Waals surface area contributed by atoms with E-state index in [2.05, 4.69) is 10.1 Å². The van der Waals surface area contributed by atoms with Gasteiger partial charge in [-0.2, -0.15) is 0 Å². The summed E-state index contributed by atoms with van der Waals surface area (Å²) in [5.74, 6) is -0.334. The van der Waals surface area contributed by atoms with Crippen LogP contribution in [0, 0.1) is 0 Å². The molecule has 0 spiro atoms. The number of carbonyl (C=O) groups is 2. The van der Waals surface area contributed by atoms with Gasteiger partial charge in [-0.15, -0.1) is 0 Å². The van der Waals surface area contributed by atoms with Gasteiger partial charge in [0.15, 0.2) is 0 Å². The third kappa shape index (κ3) is 4.44. The Labute approximate surface area is 77.0 Å². The van der Waals surface area contributed by atoms with E-state index in [0.29, 0.717) is 0 Å². The summed E-state index contributed by atoms with van der Waals surface area (Å²) in [7, 11) is 1.45. The fourth-order valence-corrected chi connectivity index (χ4v) is 0.760. The highest BCUT2D eigenvalue weighted by molar-refractivity contribution is 5.93. The number of rotatable bonds is 4. The van der Waals surface area contributed by atoms with Crippen LogP contribution in [-0.2, 0) is 9.53 Å². The van der Waals surface area contributed by atoms with Crippen molar-refractivity contribution < 1.29 is 14.3 Å². The number of hydrogen-bond acceptors (Lipinski definition) is 4. The van der Waals surface area contributed by atoms with Gasteiger partial charge in [0.05, 0.1) is 0 Å². The molecule has 0 aromatic carbocycles. The van der Waals surface area contributed by atoms with Gasteiger partial charge in [-0.3, -0.25) is 9.69 Å². The molecule has 13 heavy (non-hydrogen) atoms. The lowest BCUT2D eigenvalue weighted by atomic mass is 10.5. The van der Waals surface area contributed by atoms with Gasteiger partial charge >= 0.3 is 6.03 Å².